The number of carbonyl (C=O) groups is 1. The van der Waals surface area contributed by atoms with Crippen molar-refractivity contribution in [3.8, 4) is 0 Å². The minimum Gasteiger partial charge on any atom is -0.461 e. The smallest absolute Gasteiger partial charge is 0.357 e. The molecule has 2 aromatic rings. The minimum atomic E-state index is -0.360. The summed E-state index contributed by atoms with van der Waals surface area (Å²) in [7, 11) is 0. The molecule has 0 spiro atoms. The molecule has 3 nitrogen and oxygen atoms in total. The summed E-state index contributed by atoms with van der Waals surface area (Å²) < 4.78 is 4.90. The van der Waals surface area contributed by atoms with Gasteiger partial charge in [-0.2, -0.15) is 0 Å². The zero-order chi connectivity index (χ0) is 13.7. The van der Waals surface area contributed by atoms with E-state index in [4.69, 9.17) is 16.3 Å². The van der Waals surface area contributed by atoms with E-state index in [1.807, 2.05) is 24.3 Å². The molecule has 0 radical (unpaired) electrons. The predicted octanol–water partition coefficient (Wildman–Crippen LogP) is 4.27. The van der Waals surface area contributed by atoms with Crippen LogP contribution in [0, 0.1) is 0 Å². The van der Waals surface area contributed by atoms with Crippen molar-refractivity contribution in [1.29, 1.82) is 0 Å². The van der Waals surface area contributed by atoms with Gasteiger partial charge in [0.05, 0.1) is 12.4 Å². The summed E-state index contributed by atoms with van der Waals surface area (Å²) in [5, 5.41) is 3.36. The Balaban J connectivity index is 1.93. The fourth-order valence-electron chi connectivity index (χ4n) is 1.35. The fourth-order valence-corrected chi connectivity index (χ4v) is 3.16. The van der Waals surface area contributed by atoms with Gasteiger partial charge in [-0.3, -0.25) is 0 Å². The quantitative estimate of drug-likeness (QED) is 0.610. The molecule has 0 unspecified atom stereocenters. The minimum absolute atomic E-state index is 0.360. The first-order chi connectivity index (χ1) is 9.19. The number of hydrogen-bond donors (Lipinski definition) is 0. The highest BCUT2D eigenvalue weighted by molar-refractivity contribution is 7.98. The maximum absolute atomic E-state index is 11.5. The lowest BCUT2D eigenvalue weighted by molar-refractivity contribution is 0.0520. The molecule has 0 saturated heterocycles. The van der Waals surface area contributed by atoms with Crippen molar-refractivity contribution in [2.24, 2.45) is 0 Å². The molecular formula is C13H12ClNO2S2. The number of hydrogen-bond acceptors (Lipinski definition) is 5. The van der Waals surface area contributed by atoms with Crippen molar-refractivity contribution in [3.05, 3.63) is 45.4 Å². The van der Waals surface area contributed by atoms with E-state index in [1.54, 1.807) is 24.1 Å². The lowest BCUT2D eigenvalue weighted by Gasteiger charge is -1.99. The molecule has 6 heteroatoms. The Morgan fingerprint density at radius 1 is 1.42 bits per heavy atom. The van der Waals surface area contributed by atoms with E-state index in [0.717, 1.165) is 20.7 Å². The predicted molar refractivity (Wildman–Crippen MR) is 79.1 cm³/mol. The van der Waals surface area contributed by atoms with Crippen molar-refractivity contribution in [1.82, 2.24) is 4.98 Å². The molecule has 0 atom stereocenters. The number of thiazole rings is 1. The SMILES string of the molecule is CCOC(=O)c1csc(CSc2ccc(Cl)cc2)n1. The number of benzene rings is 1. The molecule has 1 aromatic carbocycles. The van der Waals surface area contributed by atoms with Crippen molar-refractivity contribution < 1.29 is 9.53 Å². The van der Waals surface area contributed by atoms with E-state index in [9.17, 15) is 4.79 Å². The molecule has 0 aliphatic carbocycles. The molecule has 0 saturated carbocycles. The highest BCUT2D eigenvalue weighted by Crippen LogP contribution is 2.25. The number of ether oxygens (including phenoxy) is 1. The Morgan fingerprint density at radius 2 is 2.16 bits per heavy atom. The van der Waals surface area contributed by atoms with Crippen LogP contribution >= 0.6 is 34.7 Å². The molecule has 0 amide bonds. The Kier molecular flexibility index (Phi) is 5.24. The van der Waals surface area contributed by atoms with Crippen LogP contribution in [-0.2, 0) is 10.5 Å². The lowest BCUT2D eigenvalue weighted by Crippen LogP contribution is -2.04. The summed E-state index contributed by atoms with van der Waals surface area (Å²) in [5.74, 6) is 0.368. The third-order valence-electron chi connectivity index (χ3n) is 2.21. The van der Waals surface area contributed by atoms with Crippen LogP contribution in [0.5, 0.6) is 0 Å². The van der Waals surface area contributed by atoms with E-state index in [1.165, 1.54) is 11.3 Å². The van der Waals surface area contributed by atoms with Gasteiger partial charge in [0.25, 0.3) is 0 Å². The van der Waals surface area contributed by atoms with E-state index >= 15 is 0 Å². The Labute approximate surface area is 125 Å². The summed E-state index contributed by atoms with van der Waals surface area (Å²) in [5.41, 5.74) is 0.388. The van der Waals surface area contributed by atoms with Gasteiger partial charge in [0, 0.05) is 15.3 Å². The van der Waals surface area contributed by atoms with Gasteiger partial charge in [-0.25, -0.2) is 9.78 Å². The third kappa shape index (κ3) is 4.23. The monoisotopic (exact) mass is 313 g/mol. The van der Waals surface area contributed by atoms with Crippen molar-refractivity contribution >= 4 is 40.7 Å². The number of nitrogens with zero attached hydrogens (tertiary/aromatic N) is 1. The topological polar surface area (TPSA) is 39.2 Å². The Bertz CT molecular complexity index is 554. The van der Waals surface area contributed by atoms with E-state index in [-0.39, 0.29) is 5.97 Å². The van der Waals surface area contributed by atoms with Crippen LogP contribution in [-0.4, -0.2) is 17.6 Å². The second kappa shape index (κ2) is 6.93. The summed E-state index contributed by atoms with van der Waals surface area (Å²) in [4.78, 5) is 16.9. The van der Waals surface area contributed by atoms with Crippen molar-refractivity contribution in [2.75, 3.05) is 6.61 Å². The first-order valence-corrected chi connectivity index (χ1v) is 7.93. The Morgan fingerprint density at radius 3 is 2.84 bits per heavy atom. The number of halogens is 1. The van der Waals surface area contributed by atoms with Gasteiger partial charge >= 0.3 is 5.97 Å². The summed E-state index contributed by atoms with van der Waals surface area (Å²) in [6, 6.07) is 7.64. The van der Waals surface area contributed by atoms with Crippen LogP contribution < -0.4 is 0 Å². The zero-order valence-electron chi connectivity index (χ0n) is 10.3. The number of esters is 1. The molecule has 1 heterocycles. The maximum Gasteiger partial charge on any atom is 0.357 e. The second-order valence-corrected chi connectivity index (χ2v) is 6.02. The second-order valence-electron chi connectivity index (χ2n) is 3.59. The highest BCUT2D eigenvalue weighted by atomic mass is 35.5. The van der Waals surface area contributed by atoms with Crippen LogP contribution in [0.2, 0.25) is 5.02 Å². The molecule has 0 aliphatic heterocycles. The normalized spacial score (nSPS) is 10.4. The molecule has 0 fully saturated rings. The number of carbonyl (C=O) groups excluding carboxylic acids is 1. The van der Waals surface area contributed by atoms with Gasteiger partial charge in [-0.05, 0) is 31.2 Å². The van der Waals surface area contributed by atoms with Gasteiger partial charge in [0.1, 0.15) is 5.01 Å². The summed E-state index contributed by atoms with van der Waals surface area (Å²) >= 11 is 8.95. The molecule has 19 heavy (non-hydrogen) atoms. The van der Waals surface area contributed by atoms with Crippen LogP contribution in [0.1, 0.15) is 22.4 Å². The van der Waals surface area contributed by atoms with Crippen molar-refractivity contribution in [3.63, 3.8) is 0 Å². The highest BCUT2D eigenvalue weighted by Gasteiger charge is 2.11. The first-order valence-electron chi connectivity index (χ1n) is 5.69. The summed E-state index contributed by atoms with van der Waals surface area (Å²) in [6.45, 7) is 2.15. The van der Waals surface area contributed by atoms with Crippen LogP contribution in [0.3, 0.4) is 0 Å². The zero-order valence-corrected chi connectivity index (χ0v) is 12.6. The number of rotatable bonds is 5. The molecule has 100 valence electrons. The van der Waals surface area contributed by atoms with Gasteiger partial charge in [0.15, 0.2) is 5.69 Å². The standard InChI is InChI=1S/C13H12ClNO2S2/c1-2-17-13(16)11-7-19-12(15-11)8-18-10-5-3-9(14)4-6-10/h3-7H,2,8H2,1H3. The molecule has 0 N–H and O–H groups in total. The van der Waals surface area contributed by atoms with Crippen molar-refractivity contribution in [2.45, 2.75) is 17.6 Å². The summed E-state index contributed by atoms with van der Waals surface area (Å²) in [6.07, 6.45) is 0. The van der Waals surface area contributed by atoms with Gasteiger partial charge < -0.3 is 4.74 Å². The molecule has 0 bridgehead atoms. The number of thioether (sulfide) groups is 1. The Hall–Kier alpha value is -1.04. The average molecular weight is 314 g/mol. The lowest BCUT2D eigenvalue weighted by atomic mass is 10.4. The van der Waals surface area contributed by atoms with Gasteiger partial charge in [0.2, 0.25) is 0 Å². The fraction of sp³-hybridized carbons (Fsp3) is 0.231. The number of aromatic nitrogens is 1. The van der Waals surface area contributed by atoms with Gasteiger partial charge in [-0.15, -0.1) is 23.1 Å². The largest absolute Gasteiger partial charge is 0.461 e. The maximum atomic E-state index is 11.5. The average Bonchev–Trinajstić information content (AvgIpc) is 2.87. The van der Waals surface area contributed by atoms with Gasteiger partial charge in [-0.1, -0.05) is 11.6 Å². The van der Waals surface area contributed by atoms with E-state index in [0.29, 0.717) is 12.3 Å². The van der Waals surface area contributed by atoms with Crippen LogP contribution in [0.25, 0.3) is 0 Å². The van der Waals surface area contributed by atoms with E-state index in [2.05, 4.69) is 4.98 Å². The van der Waals surface area contributed by atoms with Crippen LogP contribution in [0.4, 0.5) is 0 Å². The molecular weight excluding hydrogens is 302 g/mol. The van der Waals surface area contributed by atoms with Crippen LogP contribution in [0.15, 0.2) is 34.5 Å². The molecule has 1 aromatic heterocycles. The molecule has 0 aliphatic rings. The third-order valence-corrected chi connectivity index (χ3v) is 4.52. The molecule has 2 rings (SSSR count). The van der Waals surface area contributed by atoms with E-state index < -0.39 is 0 Å². The first kappa shape index (κ1) is 14.4.